The summed E-state index contributed by atoms with van der Waals surface area (Å²) in [5.74, 6) is -3.29. The molecular weight excluding hydrogens is 224 g/mol. The lowest BCUT2D eigenvalue weighted by molar-refractivity contribution is -0.188. The van der Waals surface area contributed by atoms with E-state index in [1.54, 1.807) is 20.8 Å². The van der Waals surface area contributed by atoms with Gasteiger partial charge in [-0.05, 0) is 20.8 Å². The van der Waals surface area contributed by atoms with Gasteiger partial charge in [-0.2, -0.15) is 0 Å². The largest absolute Gasteiger partial charge is 0.512 e. The van der Waals surface area contributed by atoms with Crippen molar-refractivity contribution in [2.75, 3.05) is 0 Å². The summed E-state index contributed by atoms with van der Waals surface area (Å²) in [5, 5.41) is 28.4. The number of aliphatic hydroxyl groups excluding tert-OH is 2. The van der Waals surface area contributed by atoms with E-state index in [2.05, 4.69) is 0 Å². The van der Waals surface area contributed by atoms with E-state index < -0.39 is 11.8 Å². The standard InChI is InChI=1S/C12H16O5/c1-7(2)8(3)11(15)17-12(16)5-9(13)4-10(14)6-12/h4-5,13-14,16H,6H2,1-3H3. The molecule has 17 heavy (non-hydrogen) atoms. The molecule has 0 bridgehead atoms. The molecule has 0 aromatic rings. The minimum atomic E-state index is -2.00. The number of carbonyl (C=O) groups is 1. The Hall–Kier alpha value is -1.75. The fourth-order valence-corrected chi connectivity index (χ4v) is 1.31. The van der Waals surface area contributed by atoms with Gasteiger partial charge in [0, 0.05) is 17.7 Å². The third kappa shape index (κ3) is 3.35. The minimum absolute atomic E-state index is 0.254. The molecular formula is C12H16O5. The van der Waals surface area contributed by atoms with Gasteiger partial charge in [0.2, 0.25) is 5.79 Å². The molecule has 1 aliphatic carbocycles. The van der Waals surface area contributed by atoms with Crippen LogP contribution in [0.2, 0.25) is 0 Å². The smallest absolute Gasteiger partial charge is 0.336 e. The molecule has 0 aromatic carbocycles. The highest BCUT2D eigenvalue weighted by atomic mass is 16.7. The molecule has 0 spiro atoms. The second kappa shape index (κ2) is 4.63. The van der Waals surface area contributed by atoms with Gasteiger partial charge in [-0.3, -0.25) is 0 Å². The molecule has 0 radical (unpaired) electrons. The van der Waals surface area contributed by atoms with Crippen molar-refractivity contribution >= 4 is 5.97 Å². The molecule has 0 amide bonds. The Bertz CT molecular complexity index is 426. The zero-order valence-corrected chi connectivity index (χ0v) is 10.0. The summed E-state index contributed by atoms with van der Waals surface area (Å²) in [6, 6.07) is 0. The van der Waals surface area contributed by atoms with E-state index in [1.807, 2.05) is 0 Å². The van der Waals surface area contributed by atoms with Crippen LogP contribution in [0.1, 0.15) is 27.2 Å². The van der Waals surface area contributed by atoms with Crippen molar-refractivity contribution in [1.29, 1.82) is 0 Å². The summed E-state index contributed by atoms with van der Waals surface area (Å²) in [6.07, 6.45) is 1.78. The number of aliphatic hydroxyl groups is 3. The average molecular weight is 240 g/mol. The zero-order chi connectivity index (χ0) is 13.2. The Morgan fingerprint density at radius 3 is 2.41 bits per heavy atom. The highest BCUT2D eigenvalue weighted by Crippen LogP contribution is 2.26. The van der Waals surface area contributed by atoms with Crippen molar-refractivity contribution in [2.45, 2.75) is 33.0 Å². The minimum Gasteiger partial charge on any atom is -0.512 e. The first-order valence-corrected chi connectivity index (χ1v) is 5.15. The number of rotatable bonds is 2. The second-order valence-electron chi connectivity index (χ2n) is 4.24. The van der Waals surface area contributed by atoms with Gasteiger partial charge in [0.15, 0.2) is 0 Å². The summed E-state index contributed by atoms with van der Waals surface area (Å²) >= 11 is 0. The fourth-order valence-electron chi connectivity index (χ4n) is 1.31. The van der Waals surface area contributed by atoms with Crippen LogP contribution in [0, 0.1) is 0 Å². The summed E-state index contributed by atoms with van der Waals surface area (Å²) < 4.78 is 4.86. The topological polar surface area (TPSA) is 87.0 Å². The summed E-state index contributed by atoms with van der Waals surface area (Å²) in [6.45, 7) is 5.06. The maximum atomic E-state index is 11.6. The first-order chi connectivity index (χ1) is 7.73. The van der Waals surface area contributed by atoms with E-state index in [9.17, 15) is 20.1 Å². The van der Waals surface area contributed by atoms with E-state index >= 15 is 0 Å². The maximum absolute atomic E-state index is 11.6. The van der Waals surface area contributed by atoms with Crippen molar-refractivity contribution in [1.82, 2.24) is 0 Å². The van der Waals surface area contributed by atoms with E-state index in [0.29, 0.717) is 5.57 Å². The molecule has 94 valence electrons. The number of hydrogen-bond acceptors (Lipinski definition) is 5. The number of allylic oxidation sites excluding steroid dienone is 2. The highest BCUT2D eigenvalue weighted by molar-refractivity contribution is 5.88. The van der Waals surface area contributed by atoms with Crippen LogP contribution in [-0.4, -0.2) is 27.1 Å². The van der Waals surface area contributed by atoms with E-state index in [1.165, 1.54) is 0 Å². The number of ether oxygens (including phenoxy) is 1. The van der Waals surface area contributed by atoms with Crippen LogP contribution < -0.4 is 0 Å². The lowest BCUT2D eigenvalue weighted by Gasteiger charge is -2.27. The van der Waals surface area contributed by atoms with E-state index in [0.717, 1.165) is 17.7 Å². The quantitative estimate of drug-likeness (QED) is 0.389. The van der Waals surface area contributed by atoms with Crippen molar-refractivity contribution < 1.29 is 24.9 Å². The lowest BCUT2D eigenvalue weighted by Crippen LogP contribution is -2.35. The van der Waals surface area contributed by atoms with Crippen LogP contribution in [0.15, 0.2) is 34.8 Å². The van der Waals surface area contributed by atoms with Crippen LogP contribution in [0.25, 0.3) is 0 Å². The van der Waals surface area contributed by atoms with Crippen molar-refractivity contribution in [3.63, 3.8) is 0 Å². The average Bonchev–Trinajstić information content (AvgIpc) is 2.12. The van der Waals surface area contributed by atoms with Gasteiger partial charge < -0.3 is 20.1 Å². The second-order valence-corrected chi connectivity index (χ2v) is 4.24. The van der Waals surface area contributed by atoms with Gasteiger partial charge in [0.05, 0.1) is 6.42 Å². The van der Waals surface area contributed by atoms with Crippen molar-refractivity contribution in [3.8, 4) is 0 Å². The van der Waals surface area contributed by atoms with E-state index in [-0.39, 0.29) is 17.9 Å². The van der Waals surface area contributed by atoms with Crippen molar-refractivity contribution in [2.24, 2.45) is 0 Å². The molecule has 0 saturated carbocycles. The van der Waals surface area contributed by atoms with E-state index in [4.69, 9.17) is 4.74 Å². The summed E-state index contributed by atoms with van der Waals surface area (Å²) in [7, 11) is 0. The Kier molecular flexibility index (Phi) is 3.63. The molecule has 5 nitrogen and oxygen atoms in total. The van der Waals surface area contributed by atoms with Gasteiger partial charge in [0.25, 0.3) is 0 Å². The maximum Gasteiger partial charge on any atom is 0.336 e. The van der Waals surface area contributed by atoms with Crippen LogP contribution in [0.3, 0.4) is 0 Å². The van der Waals surface area contributed by atoms with Gasteiger partial charge in [-0.1, -0.05) is 5.57 Å². The Morgan fingerprint density at radius 1 is 1.35 bits per heavy atom. The SMILES string of the molecule is CC(C)=C(C)C(=O)OC1(O)C=C(O)C=C(O)C1. The zero-order valence-electron chi connectivity index (χ0n) is 10.0. The third-order valence-electron chi connectivity index (χ3n) is 2.45. The van der Waals surface area contributed by atoms with Crippen LogP contribution in [0.4, 0.5) is 0 Å². The normalized spacial score (nSPS) is 23.5. The highest BCUT2D eigenvalue weighted by Gasteiger charge is 2.34. The fraction of sp³-hybridized carbons (Fsp3) is 0.417. The number of hydrogen-bond donors (Lipinski definition) is 3. The predicted octanol–water partition coefficient (Wildman–Crippen LogP) is 1.86. The van der Waals surface area contributed by atoms with Gasteiger partial charge in [0.1, 0.15) is 11.5 Å². The first-order valence-electron chi connectivity index (χ1n) is 5.15. The first kappa shape index (κ1) is 13.3. The third-order valence-corrected chi connectivity index (χ3v) is 2.45. The van der Waals surface area contributed by atoms with Crippen LogP contribution >= 0.6 is 0 Å². The molecule has 0 aliphatic heterocycles. The molecule has 0 heterocycles. The van der Waals surface area contributed by atoms with Gasteiger partial charge in [-0.15, -0.1) is 0 Å². The van der Waals surface area contributed by atoms with Crippen LogP contribution in [-0.2, 0) is 9.53 Å². The van der Waals surface area contributed by atoms with Crippen molar-refractivity contribution in [3.05, 3.63) is 34.8 Å². The molecule has 5 heteroatoms. The summed E-state index contributed by atoms with van der Waals surface area (Å²) in [4.78, 5) is 11.6. The molecule has 1 rings (SSSR count). The molecule has 1 aliphatic rings. The molecule has 3 N–H and O–H groups in total. The van der Waals surface area contributed by atoms with Gasteiger partial charge >= 0.3 is 5.97 Å². The van der Waals surface area contributed by atoms with Crippen LogP contribution in [0.5, 0.6) is 0 Å². The molecule has 0 fully saturated rings. The van der Waals surface area contributed by atoms with Gasteiger partial charge in [-0.25, -0.2) is 4.79 Å². The molecule has 1 atom stereocenters. The predicted molar refractivity (Wildman–Crippen MR) is 61.1 cm³/mol. The molecule has 1 unspecified atom stereocenters. The Morgan fingerprint density at radius 2 is 1.94 bits per heavy atom. The number of carbonyl (C=O) groups excluding carboxylic acids is 1. The Labute approximate surface area is 99.3 Å². The lowest BCUT2D eigenvalue weighted by atomic mass is 10.0. The Balaban J connectivity index is 2.87. The molecule has 0 aromatic heterocycles. The summed E-state index contributed by atoms with van der Waals surface area (Å²) in [5.41, 5.74) is 1.14. The number of esters is 1. The molecule has 0 saturated heterocycles. The monoisotopic (exact) mass is 240 g/mol.